The molecule has 1 aromatic rings. The lowest BCUT2D eigenvalue weighted by Crippen LogP contribution is -2.23. The highest BCUT2D eigenvalue weighted by Gasteiger charge is 2.31. The molecule has 1 N–H and O–H groups in total. The molecule has 0 saturated carbocycles. The summed E-state index contributed by atoms with van der Waals surface area (Å²) in [5.74, 6) is -1.14. The Labute approximate surface area is 114 Å². The Morgan fingerprint density at radius 3 is 2.35 bits per heavy atom. The predicted molar refractivity (Wildman–Crippen MR) is 68.8 cm³/mol. The highest BCUT2D eigenvalue weighted by Crippen LogP contribution is 2.31. The fourth-order valence-corrected chi connectivity index (χ4v) is 2.26. The summed E-state index contributed by atoms with van der Waals surface area (Å²) in [5.41, 5.74) is -1.35. The minimum atomic E-state index is -4.58. The van der Waals surface area contributed by atoms with Gasteiger partial charge in [0, 0.05) is 6.54 Å². The second-order valence-corrected chi connectivity index (χ2v) is 7.21. The van der Waals surface area contributed by atoms with Gasteiger partial charge in [0.1, 0.15) is 5.82 Å². The minimum absolute atomic E-state index is 0.154. The van der Waals surface area contributed by atoms with Crippen molar-refractivity contribution in [3.8, 4) is 0 Å². The average Bonchev–Trinajstić information content (AvgIpc) is 2.29. The number of benzene rings is 1. The van der Waals surface area contributed by atoms with E-state index in [9.17, 15) is 26.0 Å². The van der Waals surface area contributed by atoms with E-state index in [1.807, 2.05) is 0 Å². The zero-order valence-corrected chi connectivity index (χ0v) is 11.8. The number of nitrogens with one attached hydrogen (secondary N) is 1. The van der Waals surface area contributed by atoms with Crippen LogP contribution >= 0.6 is 0 Å². The number of rotatable bonds is 5. The van der Waals surface area contributed by atoms with Crippen molar-refractivity contribution < 1.29 is 26.0 Å². The molecular formula is C12H15F4NO2S. The van der Waals surface area contributed by atoms with Crippen molar-refractivity contribution in [3.63, 3.8) is 0 Å². The van der Waals surface area contributed by atoms with Crippen molar-refractivity contribution in [1.82, 2.24) is 0 Å². The summed E-state index contributed by atoms with van der Waals surface area (Å²) in [6.45, 7) is 2.85. The zero-order valence-electron chi connectivity index (χ0n) is 11.0. The van der Waals surface area contributed by atoms with E-state index in [0.29, 0.717) is 18.2 Å². The molecule has 8 heteroatoms. The zero-order chi connectivity index (χ0) is 15.6. The van der Waals surface area contributed by atoms with Gasteiger partial charge in [-0.3, -0.25) is 0 Å². The molecule has 0 aliphatic rings. The van der Waals surface area contributed by atoms with Gasteiger partial charge in [-0.05, 0) is 32.0 Å². The summed E-state index contributed by atoms with van der Waals surface area (Å²) < 4.78 is 73.8. The fraction of sp³-hybridized carbons (Fsp3) is 0.500. The molecule has 0 spiro atoms. The lowest BCUT2D eigenvalue weighted by Gasteiger charge is -2.12. The van der Waals surface area contributed by atoms with Gasteiger partial charge in [0.2, 0.25) is 0 Å². The maximum absolute atomic E-state index is 13.4. The molecule has 0 aliphatic carbocycles. The van der Waals surface area contributed by atoms with Crippen LogP contribution in [0, 0.1) is 5.82 Å². The summed E-state index contributed by atoms with van der Waals surface area (Å²) in [6.07, 6.45) is -4.58. The fourth-order valence-electron chi connectivity index (χ4n) is 1.40. The van der Waals surface area contributed by atoms with Crippen molar-refractivity contribution in [2.75, 3.05) is 17.6 Å². The second kappa shape index (κ2) is 5.99. The van der Waals surface area contributed by atoms with Gasteiger partial charge in [-0.2, -0.15) is 13.2 Å². The number of sulfone groups is 1. The van der Waals surface area contributed by atoms with Gasteiger partial charge in [-0.25, -0.2) is 12.8 Å². The first kappa shape index (κ1) is 16.7. The van der Waals surface area contributed by atoms with Crippen molar-refractivity contribution >= 4 is 15.5 Å². The number of anilines is 1. The SMILES string of the molecule is CC(C)S(=O)(=O)CCNc1cc(C(F)(F)F)ccc1F. The molecule has 0 radical (unpaired) electrons. The topological polar surface area (TPSA) is 46.2 Å². The Hall–Kier alpha value is -1.31. The number of hydrogen-bond donors (Lipinski definition) is 1. The molecule has 0 aliphatic heterocycles. The highest BCUT2D eigenvalue weighted by atomic mass is 32.2. The molecule has 0 saturated heterocycles. The molecule has 114 valence electrons. The van der Waals surface area contributed by atoms with Crippen LogP contribution in [0.5, 0.6) is 0 Å². The number of halogens is 4. The average molecular weight is 313 g/mol. The molecule has 0 unspecified atom stereocenters. The van der Waals surface area contributed by atoms with E-state index in [1.54, 1.807) is 0 Å². The molecule has 0 aromatic heterocycles. The van der Waals surface area contributed by atoms with Crippen LogP contribution in [0.2, 0.25) is 0 Å². The molecule has 3 nitrogen and oxygen atoms in total. The van der Waals surface area contributed by atoms with Crippen LogP contribution in [-0.2, 0) is 16.0 Å². The van der Waals surface area contributed by atoms with E-state index in [0.717, 1.165) is 0 Å². The maximum Gasteiger partial charge on any atom is 0.416 e. The van der Waals surface area contributed by atoms with Crippen LogP contribution in [-0.4, -0.2) is 26.0 Å². The lowest BCUT2D eigenvalue weighted by atomic mass is 10.2. The molecule has 1 aromatic carbocycles. The molecule has 0 atom stereocenters. The Balaban J connectivity index is 2.79. The van der Waals surface area contributed by atoms with E-state index >= 15 is 0 Å². The second-order valence-electron chi connectivity index (χ2n) is 4.53. The van der Waals surface area contributed by atoms with E-state index in [1.165, 1.54) is 13.8 Å². The van der Waals surface area contributed by atoms with Gasteiger partial charge in [0.05, 0.1) is 22.3 Å². The van der Waals surface area contributed by atoms with Crippen molar-refractivity contribution in [1.29, 1.82) is 0 Å². The Bertz CT molecular complexity index is 567. The Kier molecular flexibility index (Phi) is 5.01. The third-order valence-electron chi connectivity index (χ3n) is 2.71. The standard InChI is InChI=1S/C12H15F4NO2S/c1-8(2)20(18,19)6-5-17-11-7-9(12(14,15)16)3-4-10(11)13/h3-4,7-8,17H,5-6H2,1-2H3. The molecule has 0 heterocycles. The first-order chi connectivity index (χ1) is 9.04. The first-order valence-electron chi connectivity index (χ1n) is 5.86. The summed E-state index contributed by atoms with van der Waals surface area (Å²) in [7, 11) is -3.33. The summed E-state index contributed by atoms with van der Waals surface area (Å²) in [4.78, 5) is 0. The van der Waals surface area contributed by atoms with Crippen LogP contribution in [0.1, 0.15) is 19.4 Å². The molecule has 0 amide bonds. The normalized spacial score (nSPS) is 12.8. The van der Waals surface area contributed by atoms with Crippen LogP contribution in [0.3, 0.4) is 0 Å². The molecule has 0 bridgehead atoms. The van der Waals surface area contributed by atoms with Crippen molar-refractivity contribution in [2.24, 2.45) is 0 Å². The van der Waals surface area contributed by atoms with Crippen LogP contribution in [0.4, 0.5) is 23.2 Å². The molecule has 1 rings (SSSR count). The number of alkyl halides is 3. The highest BCUT2D eigenvalue weighted by molar-refractivity contribution is 7.92. The Morgan fingerprint density at radius 2 is 1.85 bits per heavy atom. The lowest BCUT2D eigenvalue weighted by molar-refractivity contribution is -0.137. The largest absolute Gasteiger partial charge is 0.416 e. The van der Waals surface area contributed by atoms with Gasteiger partial charge in [0.25, 0.3) is 0 Å². The van der Waals surface area contributed by atoms with Gasteiger partial charge in [-0.1, -0.05) is 0 Å². The third kappa shape index (κ3) is 4.36. The third-order valence-corrected chi connectivity index (χ3v) is 4.92. The monoisotopic (exact) mass is 313 g/mol. The van der Waals surface area contributed by atoms with Crippen molar-refractivity contribution in [2.45, 2.75) is 25.3 Å². The van der Waals surface area contributed by atoms with E-state index in [-0.39, 0.29) is 18.0 Å². The summed E-state index contributed by atoms with van der Waals surface area (Å²) in [6, 6.07) is 1.95. The minimum Gasteiger partial charge on any atom is -0.382 e. The molecule has 20 heavy (non-hydrogen) atoms. The summed E-state index contributed by atoms with van der Waals surface area (Å²) >= 11 is 0. The smallest absolute Gasteiger partial charge is 0.382 e. The van der Waals surface area contributed by atoms with Crippen molar-refractivity contribution in [3.05, 3.63) is 29.6 Å². The van der Waals surface area contributed by atoms with Gasteiger partial charge in [0.15, 0.2) is 9.84 Å². The first-order valence-corrected chi connectivity index (χ1v) is 7.58. The summed E-state index contributed by atoms with van der Waals surface area (Å²) in [5, 5.41) is 1.79. The van der Waals surface area contributed by atoms with E-state index in [4.69, 9.17) is 0 Å². The maximum atomic E-state index is 13.4. The van der Waals surface area contributed by atoms with Crippen LogP contribution in [0.25, 0.3) is 0 Å². The molecular weight excluding hydrogens is 298 g/mol. The number of hydrogen-bond acceptors (Lipinski definition) is 3. The van der Waals surface area contributed by atoms with E-state index < -0.39 is 32.6 Å². The molecule has 0 fully saturated rings. The van der Waals surface area contributed by atoms with Gasteiger partial charge >= 0.3 is 6.18 Å². The van der Waals surface area contributed by atoms with Crippen LogP contribution < -0.4 is 5.32 Å². The predicted octanol–water partition coefficient (Wildman–Crippen LogP) is 3.08. The van der Waals surface area contributed by atoms with Crippen LogP contribution in [0.15, 0.2) is 18.2 Å². The van der Waals surface area contributed by atoms with Gasteiger partial charge < -0.3 is 5.32 Å². The van der Waals surface area contributed by atoms with E-state index in [2.05, 4.69) is 5.32 Å². The quantitative estimate of drug-likeness (QED) is 0.850. The van der Waals surface area contributed by atoms with Gasteiger partial charge in [-0.15, -0.1) is 0 Å². The Morgan fingerprint density at radius 1 is 1.25 bits per heavy atom.